The van der Waals surface area contributed by atoms with Crippen LogP contribution in [0.3, 0.4) is 0 Å². The lowest BCUT2D eigenvalue weighted by Crippen LogP contribution is -2.43. The second kappa shape index (κ2) is 7.75. The van der Waals surface area contributed by atoms with Gasteiger partial charge in [0.25, 0.3) is 0 Å². The molecule has 30 heavy (non-hydrogen) atoms. The van der Waals surface area contributed by atoms with E-state index in [2.05, 4.69) is 20.4 Å². The van der Waals surface area contributed by atoms with E-state index in [1.165, 1.54) is 0 Å². The molecule has 1 aromatic heterocycles. The minimum absolute atomic E-state index is 0.160. The number of aromatic amines is 1. The molecule has 3 aromatic rings. The molecule has 1 fully saturated rings. The molecule has 2 aliphatic rings. The predicted octanol–water partition coefficient (Wildman–Crippen LogP) is 3.25. The summed E-state index contributed by atoms with van der Waals surface area (Å²) in [5.41, 5.74) is 2.89. The molecule has 2 aromatic carbocycles. The zero-order valence-electron chi connectivity index (χ0n) is 16.5. The Hall–Kier alpha value is -2.87. The summed E-state index contributed by atoms with van der Waals surface area (Å²) < 4.78 is 11.7. The predicted molar refractivity (Wildman–Crippen MR) is 115 cm³/mol. The third-order valence-corrected chi connectivity index (χ3v) is 5.77. The topological polar surface area (TPSA) is 79.5 Å². The van der Waals surface area contributed by atoms with E-state index in [0.717, 1.165) is 48.4 Å². The highest BCUT2D eigenvalue weighted by Crippen LogP contribution is 2.40. The molecule has 2 aliphatic heterocycles. The van der Waals surface area contributed by atoms with Gasteiger partial charge in [0.15, 0.2) is 5.76 Å². The maximum atomic E-state index is 13.0. The van der Waals surface area contributed by atoms with Crippen molar-refractivity contribution in [2.24, 2.45) is 0 Å². The Balaban J connectivity index is 1.52. The minimum atomic E-state index is -0.160. The second-order valence-corrected chi connectivity index (χ2v) is 7.82. The summed E-state index contributed by atoms with van der Waals surface area (Å²) in [6.07, 6.45) is 1.67. The van der Waals surface area contributed by atoms with E-state index < -0.39 is 0 Å². The molecule has 0 atom stereocenters. The van der Waals surface area contributed by atoms with Crippen molar-refractivity contribution in [3.8, 4) is 11.5 Å². The van der Waals surface area contributed by atoms with Gasteiger partial charge in [-0.05, 0) is 30.3 Å². The van der Waals surface area contributed by atoms with E-state index in [1.807, 2.05) is 18.2 Å². The van der Waals surface area contributed by atoms with Gasteiger partial charge in [0.2, 0.25) is 5.78 Å². The van der Waals surface area contributed by atoms with Gasteiger partial charge in [-0.25, -0.2) is 0 Å². The van der Waals surface area contributed by atoms with Crippen LogP contribution in [0.1, 0.15) is 21.6 Å². The number of ether oxygens (including phenoxy) is 2. The number of carbonyl (C=O) groups excluding carboxylic acids is 1. The van der Waals surface area contributed by atoms with Gasteiger partial charge < -0.3 is 14.8 Å². The summed E-state index contributed by atoms with van der Waals surface area (Å²) in [7, 11) is 1.64. The number of ketones is 1. The molecule has 0 unspecified atom stereocenters. The van der Waals surface area contributed by atoms with Crippen molar-refractivity contribution in [3.63, 3.8) is 0 Å². The van der Waals surface area contributed by atoms with Crippen molar-refractivity contribution >= 4 is 34.4 Å². The number of rotatable bonds is 4. The van der Waals surface area contributed by atoms with Crippen LogP contribution in [-0.4, -0.2) is 54.2 Å². The normalized spacial score (nSPS) is 18.1. The first-order valence-electron chi connectivity index (χ1n) is 9.85. The largest absolute Gasteiger partial charge is 0.496 e. The first-order chi connectivity index (χ1) is 14.6. The molecule has 0 bridgehead atoms. The molecule has 7 nitrogen and oxygen atoms in total. The van der Waals surface area contributed by atoms with Gasteiger partial charge in [0.1, 0.15) is 11.5 Å². The molecule has 0 radical (unpaired) electrons. The summed E-state index contributed by atoms with van der Waals surface area (Å²) >= 11 is 6.13. The number of hydrogen-bond acceptors (Lipinski definition) is 6. The molecular formula is C22H21ClN4O3. The van der Waals surface area contributed by atoms with Crippen LogP contribution in [0.25, 0.3) is 17.0 Å². The molecule has 0 aliphatic carbocycles. The highest BCUT2D eigenvalue weighted by atomic mass is 35.5. The lowest BCUT2D eigenvalue weighted by molar-refractivity contribution is 0.101. The van der Waals surface area contributed by atoms with Crippen molar-refractivity contribution in [2.75, 3.05) is 33.3 Å². The average molecular weight is 425 g/mol. The number of carbonyl (C=O) groups is 1. The van der Waals surface area contributed by atoms with Crippen LogP contribution in [-0.2, 0) is 6.54 Å². The Kier molecular flexibility index (Phi) is 4.94. The SMILES string of the molecule is COc1ccc2c(c1CN1CCNCC1)O/C(=C\c1n[nH]c3ccc(Cl)cc13)C2=O. The fourth-order valence-corrected chi connectivity index (χ4v) is 4.14. The summed E-state index contributed by atoms with van der Waals surface area (Å²) in [5.74, 6) is 1.38. The number of piperazine rings is 1. The minimum Gasteiger partial charge on any atom is -0.496 e. The smallest absolute Gasteiger partial charge is 0.232 e. The molecule has 5 rings (SSSR count). The van der Waals surface area contributed by atoms with E-state index in [9.17, 15) is 4.79 Å². The van der Waals surface area contributed by atoms with E-state index in [0.29, 0.717) is 28.6 Å². The molecule has 154 valence electrons. The van der Waals surface area contributed by atoms with Crippen LogP contribution in [0.15, 0.2) is 36.1 Å². The number of Topliss-reactive ketones (excluding diaryl/α,β-unsaturated/α-hetero) is 1. The molecule has 3 heterocycles. The Labute approximate surface area is 178 Å². The van der Waals surface area contributed by atoms with Gasteiger partial charge in [-0.2, -0.15) is 5.10 Å². The molecule has 1 saturated heterocycles. The number of nitrogens with zero attached hydrogens (tertiary/aromatic N) is 2. The highest BCUT2D eigenvalue weighted by Gasteiger charge is 2.32. The first-order valence-corrected chi connectivity index (χ1v) is 10.2. The van der Waals surface area contributed by atoms with Crippen molar-refractivity contribution < 1.29 is 14.3 Å². The number of halogens is 1. The lowest BCUT2D eigenvalue weighted by atomic mass is 10.0. The van der Waals surface area contributed by atoms with Gasteiger partial charge in [-0.15, -0.1) is 0 Å². The van der Waals surface area contributed by atoms with Crippen LogP contribution in [0.2, 0.25) is 5.02 Å². The van der Waals surface area contributed by atoms with Crippen LogP contribution < -0.4 is 14.8 Å². The van der Waals surface area contributed by atoms with Crippen LogP contribution in [0, 0.1) is 0 Å². The van der Waals surface area contributed by atoms with Gasteiger partial charge >= 0.3 is 0 Å². The van der Waals surface area contributed by atoms with Gasteiger partial charge in [-0.3, -0.25) is 14.8 Å². The summed E-state index contributed by atoms with van der Waals surface area (Å²) in [5, 5.41) is 12.1. The number of H-pyrrole nitrogens is 1. The number of fused-ring (bicyclic) bond motifs is 2. The fraction of sp³-hybridized carbons (Fsp3) is 0.273. The zero-order chi connectivity index (χ0) is 20.7. The first kappa shape index (κ1) is 19.1. The number of hydrogen-bond donors (Lipinski definition) is 2. The monoisotopic (exact) mass is 424 g/mol. The van der Waals surface area contributed by atoms with E-state index in [-0.39, 0.29) is 11.5 Å². The average Bonchev–Trinajstić information content (AvgIpc) is 3.30. The Morgan fingerprint density at radius 1 is 1.27 bits per heavy atom. The molecule has 0 amide bonds. The van der Waals surface area contributed by atoms with E-state index in [4.69, 9.17) is 21.1 Å². The maximum absolute atomic E-state index is 13.0. The number of aromatic nitrogens is 2. The number of benzene rings is 2. The van der Waals surface area contributed by atoms with E-state index in [1.54, 1.807) is 25.3 Å². The van der Waals surface area contributed by atoms with Crippen LogP contribution >= 0.6 is 11.6 Å². The quantitative estimate of drug-likeness (QED) is 0.626. The highest BCUT2D eigenvalue weighted by molar-refractivity contribution is 6.31. The van der Waals surface area contributed by atoms with Gasteiger partial charge in [0, 0.05) is 49.2 Å². The van der Waals surface area contributed by atoms with Crippen LogP contribution in [0.5, 0.6) is 11.5 Å². The zero-order valence-corrected chi connectivity index (χ0v) is 17.3. The Morgan fingerprint density at radius 3 is 2.90 bits per heavy atom. The van der Waals surface area contributed by atoms with Crippen molar-refractivity contribution in [1.82, 2.24) is 20.4 Å². The van der Waals surface area contributed by atoms with Crippen molar-refractivity contribution in [1.29, 1.82) is 0 Å². The number of allylic oxidation sites excluding steroid dienone is 1. The van der Waals surface area contributed by atoms with E-state index >= 15 is 0 Å². The Bertz CT molecular complexity index is 1160. The summed E-state index contributed by atoms with van der Waals surface area (Å²) in [6, 6.07) is 9.07. The third kappa shape index (κ3) is 3.35. The van der Waals surface area contributed by atoms with Crippen LogP contribution in [0.4, 0.5) is 0 Å². The summed E-state index contributed by atoms with van der Waals surface area (Å²) in [6.45, 7) is 4.41. The summed E-state index contributed by atoms with van der Waals surface area (Å²) in [4.78, 5) is 15.4. The maximum Gasteiger partial charge on any atom is 0.232 e. The molecule has 2 N–H and O–H groups in total. The second-order valence-electron chi connectivity index (χ2n) is 7.39. The molecule has 0 spiro atoms. The standard InChI is InChI=1S/C22H21ClN4O3/c1-29-19-5-3-14-21(28)20(11-18-15-10-13(23)2-4-17(15)25-26-18)30-22(14)16(19)12-27-8-6-24-7-9-27/h2-5,10-11,24H,6-9,12H2,1H3,(H,25,26)/b20-11-. The van der Waals surface area contributed by atoms with Crippen molar-refractivity contribution in [2.45, 2.75) is 6.54 Å². The van der Waals surface area contributed by atoms with Crippen molar-refractivity contribution in [3.05, 3.63) is 57.9 Å². The Morgan fingerprint density at radius 2 is 2.10 bits per heavy atom. The third-order valence-electron chi connectivity index (χ3n) is 5.53. The lowest BCUT2D eigenvalue weighted by Gasteiger charge is -2.28. The van der Waals surface area contributed by atoms with Gasteiger partial charge in [0.05, 0.1) is 29.4 Å². The molecular weight excluding hydrogens is 404 g/mol. The number of methoxy groups -OCH3 is 1. The fourth-order valence-electron chi connectivity index (χ4n) is 3.96. The molecule has 0 saturated carbocycles. The van der Waals surface area contributed by atoms with Gasteiger partial charge in [-0.1, -0.05) is 11.6 Å². The number of nitrogens with one attached hydrogen (secondary N) is 2. The molecule has 8 heteroatoms.